The van der Waals surface area contributed by atoms with Crippen LogP contribution < -0.4 is 44.4 Å². The molecule has 102 heavy (non-hydrogen) atoms. The minimum atomic E-state index is -0.773. The van der Waals surface area contributed by atoms with Gasteiger partial charge in [-0.25, -0.2) is 13.8 Å². The number of halogens is 6. The Labute approximate surface area is 606 Å². The quantitative estimate of drug-likeness (QED) is 0.0482. The standard InChI is InChI=1S/C26H23Cl2N3O3.C26H23F2N3O3.C25H22Cl2N4O3/c2*1-4-24(32)30-19-8-6-5-7-16(19)13-17-9-10-21-20(29-17)11-12-31(21)15-18-25(27)22(33-2)14-23(34-3)26(18)28;1-4-23(32)30-18-8-6-5-7-15(18)11-16-9-10-20-19(29-16)13-28-31(20)14-17-24(26)21(33-2)12-22(34-3)25(17)27/h2*4-12,14H,1,13,15H2,2-3H3,(H,30,32);4-10,12-13H,1,11,14H2,2-3H3,(H,30,32). The first-order valence-electron chi connectivity index (χ1n) is 31.4. The number of benzene rings is 6. The average Bonchev–Trinajstić information content (AvgIpc) is 1.63. The van der Waals surface area contributed by atoms with Gasteiger partial charge in [0.15, 0.2) is 23.1 Å². The van der Waals surface area contributed by atoms with Gasteiger partial charge in [0.1, 0.15) is 28.5 Å². The van der Waals surface area contributed by atoms with Gasteiger partial charge in [-0.15, -0.1) is 0 Å². The topological polar surface area (TPSA) is 209 Å². The molecular formula is C77H68Cl4F2N10O9. The van der Waals surface area contributed by atoms with Gasteiger partial charge < -0.3 is 53.5 Å². The lowest BCUT2D eigenvalue weighted by atomic mass is 10.1. The molecule has 6 aromatic heterocycles. The molecule has 6 aromatic carbocycles. The van der Waals surface area contributed by atoms with E-state index in [9.17, 15) is 23.2 Å². The van der Waals surface area contributed by atoms with Crippen molar-refractivity contribution in [1.29, 1.82) is 0 Å². The van der Waals surface area contributed by atoms with E-state index in [2.05, 4.69) is 40.8 Å². The van der Waals surface area contributed by atoms with Gasteiger partial charge in [-0.3, -0.25) is 29.0 Å². The summed E-state index contributed by atoms with van der Waals surface area (Å²) in [5.41, 5.74) is 13.4. The molecule has 25 heteroatoms. The van der Waals surface area contributed by atoms with Crippen molar-refractivity contribution >= 4 is 114 Å². The molecular weight excluding hydrogens is 1390 g/mol. The van der Waals surface area contributed by atoms with Gasteiger partial charge in [0.2, 0.25) is 17.7 Å². The van der Waals surface area contributed by atoms with Gasteiger partial charge in [0.05, 0.1) is 122 Å². The number of para-hydroxylation sites is 3. The maximum atomic E-state index is 14.8. The van der Waals surface area contributed by atoms with Crippen LogP contribution in [0.5, 0.6) is 34.5 Å². The van der Waals surface area contributed by atoms with E-state index in [0.29, 0.717) is 97.8 Å². The number of nitrogens with one attached hydrogen (secondary N) is 3. The first-order valence-corrected chi connectivity index (χ1v) is 32.9. The fraction of sp³-hybridized carbons (Fsp3) is 0.156. The van der Waals surface area contributed by atoms with Crippen molar-refractivity contribution in [2.24, 2.45) is 0 Å². The number of nitrogens with zero attached hydrogens (tertiary/aromatic N) is 7. The molecule has 522 valence electrons. The van der Waals surface area contributed by atoms with E-state index in [4.69, 9.17) is 89.8 Å². The molecule has 0 fully saturated rings. The van der Waals surface area contributed by atoms with Crippen LogP contribution >= 0.6 is 46.4 Å². The van der Waals surface area contributed by atoms with Crippen LogP contribution in [0.25, 0.3) is 33.1 Å². The van der Waals surface area contributed by atoms with Crippen LogP contribution in [0, 0.1) is 11.6 Å². The van der Waals surface area contributed by atoms with Crippen molar-refractivity contribution in [3.63, 3.8) is 0 Å². The van der Waals surface area contributed by atoms with Gasteiger partial charge in [-0.1, -0.05) is 121 Å². The van der Waals surface area contributed by atoms with Crippen LogP contribution in [0.3, 0.4) is 0 Å². The van der Waals surface area contributed by atoms with Crippen molar-refractivity contribution in [1.82, 2.24) is 33.9 Å². The van der Waals surface area contributed by atoms with E-state index in [1.165, 1.54) is 52.7 Å². The third kappa shape index (κ3) is 16.8. The smallest absolute Gasteiger partial charge is 0.247 e. The van der Waals surface area contributed by atoms with Gasteiger partial charge in [-0.2, -0.15) is 5.10 Å². The third-order valence-corrected chi connectivity index (χ3v) is 18.0. The Hall–Kier alpha value is -11.2. The molecule has 3 amide bonds. The second kappa shape index (κ2) is 33.8. The lowest BCUT2D eigenvalue weighted by Gasteiger charge is -2.15. The zero-order valence-corrected chi connectivity index (χ0v) is 59.2. The van der Waals surface area contributed by atoms with Gasteiger partial charge in [0, 0.05) is 95.1 Å². The van der Waals surface area contributed by atoms with E-state index in [1.54, 1.807) is 54.1 Å². The number of fused-ring (bicyclic) bond motifs is 3. The average molecular weight is 1460 g/mol. The number of hydrogen-bond acceptors (Lipinski definition) is 13. The predicted octanol–water partition coefficient (Wildman–Crippen LogP) is 16.7. The molecule has 0 bridgehead atoms. The van der Waals surface area contributed by atoms with Gasteiger partial charge >= 0.3 is 0 Å². The zero-order chi connectivity index (χ0) is 72.7. The number of anilines is 3. The highest BCUT2D eigenvalue weighted by Gasteiger charge is 2.24. The Morgan fingerprint density at radius 3 is 1.11 bits per heavy atom. The fourth-order valence-corrected chi connectivity index (χ4v) is 12.4. The minimum Gasteiger partial charge on any atom is -0.495 e. The van der Waals surface area contributed by atoms with Crippen molar-refractivity contribution in [2.75, 3.05) is 58.6 Å². The molecule has 6 heterocycles. The highest BCUT2D eigenvalue weighted by molar-refractivity contribution is 6.38. The first-order chi connectivity index (χ1) is 49.3. The maximum absolute atomic E-state index is 14.8. The van der Waals surface area contributed by atoms with E-state index < -0.39 is 11.6 Å². The zero-order valence-electron chi connectivity index (χ0n) is 56.2. The Kier molecular flexibility index (Phi) is 24.3. The Bertz CT molecular complexity index is 4570. The summed E-state index contributed by atoms with van der Waals surface area (Å²) in [6.07, 6.45) is 10.7. The number of amides is 3. The summed E-state index contributed by atoms with van der Waals surface area (Å²) in [4.78, 5) is 49.5. The van der Waals surface area contributed by atoms with E-state index in [-0.39, 0.29) is 41.3 Å². The van der Waals surface area contributed by atoms with Crippen molar-refractivity contribution in [3.05, 3.63) is 278 Å². The monoisotopic (exact) mass is 1450 g/mol. The molecule has 3 N–H and O–H groups in total. The van der Waals surface area contributed by atoms with Crippen molar-refractivity contribution < 1.29 is 51.6 Å². The number of aromatic nitrogens is 7. The first kappa shape index (κ1) is 73.5. The summed E-state index contributed by atoms with van der Waals surface area (Å²) in [7, 11) is 8.81. The van der Waals surface area contributed by atoms with Crippen molar-refractivity contribution in [2.45, 2.75) is 38.9 Å². The maximum Gasteiger partial charge on any atom is 0.247 e. The lowest BCUT2D eigenvalue weighted by Crippen LogP contribution is -2.09. The number of rotatable bonds is 24. The molecule has 0 aliphatic heterocycles. The number of pyridine rings is 3. The Morgan fingerprint density at radius 1 is 0.422 bits per heavy atom. The molecule has 0 saturated heterocycles. The van der Waals surface area contributed by atoms with E-state index >= 15 is 0 Å². The predicted molar refractivity (Wildman–Crippen MR) is 397 cm³/mol. The van der Waals surface area contributed by atoms with Crippen LogP contribution in [-0.4, -0.2) is 94.2 Å². The highest BCUT2D eigenvalue weighted by Crippen LogP contribution is 2.43. The van der Waals surface area contributed by atoms with Gasteiger partial charge in [-0.05, 0) is 102 Å². The van der Waals surface area contributed by atoms with Crippen LogP contribution in [0.1, 0.15) is 50.5 Å². The molecule has 0 aliphatic carbocycles. The Balaban J connectivity index is 0.000000165. The van der Waals surface area contributed by atoms with Crippen LogP contribution in [0.4, 0.5) is 25.8 Å². The summed E-state index contributed by atoms with van der Waals surface area (Å²) >= 11 is 26.2. The van der Waals surface area contributed by atoms with E-state index in [0.717, 1.165) is 72.7 Å². The molecule has 0 unspecified atom stereocenters. The third-order valence-electron chi connectivity index (χ3n) is 16.4. The molecule has 0 radical (unpaired) electrons. The van der Waals surface area contributed by atoms with Crippen LogP contribution in [0.15, 0.2) is 196 Å². The number of carbonyl (C=O) groups is 3. The summed E-state index contributed by atoms with van der Waals surface area (Å²) < 4.78 is 66.7. The lowest BCUT2D eigenvalue weighted by molar-refractivity contribution is -0.112. The summed E-state index contributed by atoms with van der Waals surface area (Å²) in [5, 5.41) is 14.7. The number of methoxy groups -OCH3 is 6. The number of carbonyl (C=O) groups excluding carboxylic acids is 3. The molecule has 19 nitrogen and oxygen atoms in total. The fourth-order valence-electron chi connectivity index (χ4n) is 11.2. The van der Waals surface area contributed by atoms with Crippen LogP contribution in [0.2, 0.25) is 20.1 Å². The SMILES string of the molecule is C=CC(=O)Nc1ccccc1Cc1ccc2c(ccn2Cc2c(Cl)c(OC)cc(OC)c2Cl)n1.C=CC(=O)Nc1ccccc1Cc1ccc2c(ccn2Cc2c(F)c(OC)cc(OC)c2F)n1.C=CC(=O)Nc1ccccc1Cc1ccc2c(cnn2Cc2c(Cl)c(OC)cc(OC)c2Cl)n1. The van der Waals surface area contributed by atoms with Crippen molar-refractivity contribution in [3.8, 4) is 34.5 Å². The normalized spacial score (nSPS) is 10.8. The second-order valence-corrected chi connectivity index (χ2v) is 24.1. The second-order valence-electron chi connectivity index (χ2n) is 22.6. The molecule has 0 saturated carbocycles. The minimum absolute atomic E-state index is 0.0633. The molecule has 0 atom stereocenters. The van der Waals surface area contributed by atoms with E-state index in [1.807, 2.05) is 126 Å². The summed E-state index contributed by atoms with van der Waals surface area (Å²) in [6.45, 7) is 11.2. The highest BCUT2D eigenvalue weighted by atomic mass is 35.5. The molecule has 12 aromatic rings. The Morgan fingerprint density at radius 2 is 0.745 bits per heavy atom. The summed E-state index contributed by atoms with van der Waals surface area (Å²) in [6, 6.07) is 42.5. The number of hydrogen-bond donors (Lipinski definition) is 3. The molecule has 0 spiro atoms. The van der Waals surface area contributed by atoms with Crippen LogP contribution in [-0.2, 0) is 53.3 Å². The number of ether oxygens (including phenoxy) is 6. The molecule has 0 aliphatic rings. The van der Waals surface area contributed by atoms with Gasteiger partial charge in [0.25, 0.3) is 0 Å². The molecule has 12 rings (SSSR count). The summed E-state index contributed by atoms with van der Waals surface area (Å²) in [5.74, 6) is -0.594. The largest absolute Gasteiger partial charge is 0.495 e.